The fourth-order valence-electron chi connectivity index (χ4n) is 2.51. The van der Waals surface area contributed by atoms with E-state index in [2.05, 4.69) is 35.5 Å². The first-order chi connectivity index (χ1) is 9.85. The summed E-state index contributed by atoms with van der Waals surface area (Å²) < 4.78 is 0. The monoisotopic (exact) mass is 315 g/mol. The van der Waals surface area contributed by atoms with Crippen molar-refractivity contribution in [2.45, 2.75) is 64.0 Å². The highest BCUT2D eigenvalue weighted by Gasteiger charge is 2.27. The van der Waals surface area contributed by atoms with Crippen molar-refractivity contribution in [2.75, 3.05) is 13.7 Å². The van der Waals surface area contributed by atoms with E-state index in [0.29, 0.717) is 0 Å². The van der Waals surface area contributed by atoms with Crippen molar-refractivity contribution in [1.82, 2.24) is 15.5 Å². The first-order valence-corrected chi connectivity index (χ1v) is 8.20. The minimum absolute atomic E-state index is 0.0336. The molecule has 122 valence electrons. The molecule has 5 heteroatoms. The molecule has 3 N–H and O–H groups in total. The topological polar surface area (TPSA) is 47.5 Å². The van der Waals surface area contributed by atoms with Gasteiger partial charge in [0.1, 0.15) is 0 Å². The lowest BCUT2D eigenvalue weighted by atomic mass is 9.94. The molecule has 0 amide bonds. The quantitative estimate of drug-likeness (QED) is 0.603. The Morgan fingerprint density at radius 2 is 2.19 bits per heavy atom. The molecule has 0 aromatic carbocycles. The predicted molar refractivity (Wildman–Crippen MR) is 90.0 cm³/mol. The molecule has 0 bridgehead atoms. The lowest BCUT2D eigenvalue weighted by Gasteiger charge is -2.31. The van der Waals surface area contributed by atoms with E-state index in [1.54, 1.807) is 0 Å². The molecule has 0 saturated heterocycles. The summed E-state index contributed by atoms with van der Waals surface area (Å²) in [7, 11) is 1.94. The van der Waals surface area contributed by atoms with Crippen molar-refractivity contribution < 1.29 is 5.11 Å². The molecule has 0 aromatic heterocycles. The van der Waals surface area contributed by atoms with Gasteiger partial charge in [-0.25, -0.2) is 0 Å². The van der Waals surface area contributed by atoms with Crippen LogP contribution >= 0.6 is 11.6 Å². The summed E-state index contributed by atoms with van der Waals surface area (Å²) in [5.74, 6) is 0. The van der Waals surface area contributed by atoms with Crippen LogP contribution in [-0.4, -0.2) is 40.7 Å². The molecule has 0 saturated carbocycles. The first kappa shape index (κ1) is 18.3. The highest BCUT2D eigenvalue weighted by molar-refractivity contribution is 6.21. The second kappa shape index (κ2) is 8.06. The zero-order valence-electron chi connectivity index (χ0n) is 13.9. The number of hydrogen-bond acceptors (Lipinski definition) is 4. The molecule has 0 radical (unpaired) electrons. The summed E-state index contributed by atoms with van der Waals surface area (Å²) in [5.41, 5.74) is 2.00. The molecule has 0 aromatic rings. The Labute approximate surface area is 134 Å². The second-order valence-electron chi connectivity index (χ2n) is 5.97. The van der Waals surface area contributed by atoms with E-state index in [1.165, 1.54) is 0 Å². The largest absolute Gasteiger partial charge is 0.387 e. The maximum absolute atomic E-state index is 10.0. The number of nitrogens with zero attached hydrogens (tertiary/aromatic N) is 1. The average Bonchev–Trinajstić information content (AvgIpc) is 2.81. The molecule has 21 heavy (non-hydrogen) atoms. The number of allylic oxidation sites excluding steroid dienone is 1. The highest BCUT2D eigenvalue weighted by atomic mass is 35.5. The molecule has 0 fully saturated rings. The molecule has 1 aliphatic rings. The van der Waals surface area contributed by atoms with E-state index in [0.717, 1.165) is 37.3 Å². The number of nitrogens with one attached hydrogen (secondary N) is 2. The van der Waals surface area contributed by atoms with Crippen molar-refractivity contribution >= 4 is 11.6 Å². The smallest absolute Gasteiger partial charge is 0.0929 e. The van der Waals surface area contributed by atoms with Crippen LogP contribution < -0.4 is 10.6 Å². The minimum atomic E-state index is -0.464. The highest BCUT2D eigenvalue weighted by Crippen LogP contribution is 2.24. The Morgan fingerprint density at radius 3 is 2.67 bits per heavy atom. The van der Waals surface area contributed by atoms with Crippen LogP contribution in [0.15, 0.2) is 23.7 Å². The molecular weight excluding hydrogens is 286 g/mol. The van der Waals surface area contributed by atoms with Gasteiger partial charge < -0.3 is 20.6 Å². The fourth-order valence-corrected chi connectivity index (χ4v) is 2.71. The van der Waals surface area contributed by atoms with Gasteiger partial charge in [-0.1, -0.05) is 19.4 Å². The third kappa shape index (κ3) is 4.63. The van der Waals surface area contributed by atoms with Gasteiger partial charge in [0.05, 0.1) is 18.5 Å². The minimum Gasteiger partial charge on any atom is -0.387 e. The van der Waals surface area contributed by atoms with Crippen LogP contribution in [0.3, 0.4) is 0 Å². The molecular formula is C16H30ClN3O. The van der Waals surface area contributed by atoms with Crippen LogP contribution in [-0.2, 0) is 0 Å². The summed E-state index contributed by atoms with van der Waals surface area (Å²) in [6.45, 7) is 8.80. The Bertz CT molecular complexity index is 393. The lowest BCUT2D eigenvalue weighted by molar-refractivity contribution is 0.201. The van der Waals surface area contributed by atoms with Gasteiger partial charge in [-0.05, 0) is 40.7 Å². The molecule has 1 aliphatic heterocycles. The van der Waals surface area contributed by atoms with Gasteiger partial charge in [0, 0.05) is 22.8 Å². The fraction of sp³-hybridized carbons (Fsp3) is 0.750. The van der Waals surface area contributed by atoms with Gasteiger partial charge in [0.25, 0.3) is 0 Å². The number of aliphatic hydroxyl groups is 1. The van der Waals surface area contributed by atoms with Gasteiger partial charge in [-0.3, -0.25) is 0 Å². The summed E-state index contributed by atoms with van der Waals surface area (Å²) in [6.07, 6.45) is 6.57. The Kier molecular flexibility index (Phi) is 7.04. The first-order valence-electron chi connectivity index (χ1n) is 7.77. The van der Waals surface area contributed by atoms with Crippen LogP contribution in [0, 0.1) is 0 Å². The van der Waals surface area contributed by atoms with Gasteiger partial charge in [0.2, 0.25) is 0 Å². The van der Waals surface area contributed by atoms with Crippen molar-refractivity contribution in [3.8, 4) is 0 Å². The molecule has 3 atom stereocenters. The lowest BCUT2D eigenvalue weighted by Crippen LogP contribution is -2.46. The zero-order valence-corrected chi connectivity index (χ0v) is 14.7. The average molecular weight is 316 g/mol. The number of aliphatic hydroxyl groups excluding tert-OH is 1. The molecule has 1 rings (SSSR count). The summed E-state index contributed by atoms with van der Waals surface area (Å²) in [4.78, 5) is 2.09. The number of rotatable bonds is 8. The Morgan fingerprint density at radius 1 is 1.52 bits per heavy atom. The molecule has 0 spiro atoms. The van der Waals surface area contributed by atoms with Gasteiger partial charge in [-0.2, -0.15) is 0 Å². The van der Waals surface area contributed by atoms with Crippen LogP contribution in [0.5, 0.6) is 0 Å². The van der Waals surface area contributed by atoms with Crippen LogP contribution in [0.25, 0.3) is 0 Å². The maximum Gasteiger partial charge on any atom is 0.0929 e. The van der Waals surface area contributed by atoms with E-state index in [4.69, 9.17) is 11.6 Å². The molecule has 0 unspecified atom stereocenters. The molecule has 4 nitrogen and oxygen atoms in total. The summed E-state index contributed by atoms with van der Waals surface area (Å²) in [5, 5.41) is 16.7. The van der Waals surface area contributed by atoms with E-state index in [9.17, 15) is 5.11 Å². The van der Waals surface area contributed by atoms with Crippen molar-refractivity contribution in [3.05, 3.63) is 23.7 Å². The molecule has 1 heterocycles. The predicted octanol–water partition coefficient (Wildman–Crippen LogP) is 2.75. The Balaban J connectivity index is 2.76. The van der Waals surface area contributed by atoms with Crippen molar-refractivity contribution in [3.63, 3.8) is 0 Å². The number of alkyl halides is 1. The van der Waals surface area contributed by atoms with Crippen molar-refractivity contribution in [2.24, 2.45) is 0 Å². The van der Waals surface area contributed by atoms with Crippen LogP contribution in [0.2, 0.25) is 0 Å². The second-order valence-corrected chi connectivity index (χ2v) is 6.62. The van der Waals surface area contributed by atoms with E-state index >= 15 is 0 Å². The van der Waals surface area contributed by atoms with E-state index in [-0.39, 0.29) is 10.9 Å². The van der Waals surface area contributed by atoms with E-state index in [1.807, 2.05) is 27.1 Å². The number of halogens is 1. The SMILES string of the molecule is CCCC1=C([C@@H](C)O)N(/C=C/C[C@@](C)(NC)[C@@H](C)Cl)CN1. The van der Waals surface area contributed by atoms with Crippen molar-refractivity contribution in [1.29, 1.82) is 0 Å². The standard InChI is InChI=1S/C16H30ClN3O/c1-6-8-14-15(12(2)21)20(11-19-14)10-7-9-16(4,18-5)13(3)17/h7,10,12-13,18-19,21H,6,8-9,11H2,1-5H3/b10-7+/t12-,13-,16-/m1/s1. The van der Waals surface area contributed by atoms with E-state index < -0.39 is 6.10 Å². The Hall–Kier alpha value is -0.710. The third-order valence-corrected chi connectivity index (χ3v) is 4.74. The molecule has 0 aliphatic carbocycles. The normalized spacial score (nSPS) is 21.6. The van der Waals surface area contributed by atoms with Crippen LogP contribution in [0.1, 0.15) is 47.0 Å². The van der Waals surface area contributed by atoms with Gasteiger partial charge in [0.15, 0.2) is 0 Å². The van der Waals surface area contributed by atoms with Crippen LogP contribution in [0.4, 0.5) is 0 Å². The van der Waals surface area contributed by atoms with Gasteiger partial charge in [-0.15, -0.1) is 11.6 Å². The zero-order chi connectivity index (χ0) is 16.0. The maximum atomic E-state index is 10.0. The third-order valence-electron chi connectivity index (χ3n) is 4.25. The summed E-state index contributed by atoms with van der Waals surface area (Å²) in [6, 6.07) is 0. The number of hydrogen-bond donors (Lipinski definition) is 3. The van der Waals surface area contributed by atoms with Gasteiger partial charge >= 0.3 is 0 Å². The summed E-state index contributed by atoms with van der Waals surface area (Å²) >= 11 is 6.25.